The molecule has 5 heterocycles. The predicted molar refractivity (Wildman–Crippen MR) is 87.9 cm³/mol. The van der Waals surface area contributed by atoms with Gasteiger partial charge in [0.1, 0.15) is 5.82 Å². The second kappa shape index (κ2) is 6.92. The van der Waals surface area contributed by atoms with Crippen LogP contribution in [0, 0.1) is 0 Å². The molecule has 5 rings (SSSR count). The maximum absolute atomic E-state index is 5.47. The van der Waals surface area contributed by atoms with Crippen LogP contribution in [0.3, 0.4) is 0 Å². The van der Waals surface area contributed by atoms with Crippen molar-refractivity contribution in [3.63, 3.8) is 0 Å². The van der Waals surface area contributed by atoms with Gasteiger partial charge in [0.25, 0.3) is 0 Å². The highest BCUT2D eigenvalue weighted by atomic mass is 16.6. The quantitative estimate of drug-likeness (QED) is 0.421. The van der Waals surface area contributed by atoms with Gasteiger partial charge in [-0.2, -0.15) is 0 Å². The zero-order valence-corrected chi connectivity index (χ0v) is 14.5. The van der Waals surface area contributed by atoms with Gasteiger partial charge in [-0.1, -0.05) is 0 Å². The van der Waals surface area contributed by atoms with Gasteiger partial charge in [-0.25, -0.2) is 0 Å². The van der Waals surface area contributed by atoms with Gasteiger partial charge < -0.3 is 38.8 Å². The number of hydrogen-bond donors (Lipinski definition) is 1. The van der Waals surface area contributed by atoms with E-state index in [1.54, 1.807) is 0 Å². The molecule has 1 N–H and O–H groups in total. The molecule has 5 aliphatic heterocycles. The van der Waals surface area contributed by atoms with E-state index in [2.05, 4.69) is 21.3 Å². The van der Waals surface area contributed by atoms with Crippen LogP contribution in [0.1, 0.15) is 0 Å². The second-order valence-corrected chi connectivity index (χ2v) is 7.53. The molecular formula is C17H27N3O5. The Labute approximate surface area is 147 Å². The molecular weight excluding hydrogens is 326 g/mol. The lowest BCUT2D eigenvalue weighted by Gasteiger charge is -2.30. The first kappa shape index (κ1) is 16.1. The molecule has 8 nitrogen and oxygen atoms in total. The molecule has 5 aliphatic rings. The lowest BCUT2D eigenvalue weighted by molar-refractivity contribution is 0.231. The summed E-state index contributed by atoms with van der Waals surface area (Å²) in [6.07, 6.45) is 3.97. The molecule has 5 fully saturated rings. The smallest absolute Gasteiger partial charge is 0.118 e. The van der Waals surface area contributed by atoms with Gasteiger partial charge in [0.05, 0.1) is 63.6 Å². The van der Waals surface area contributed by atoms with Crippen molar-refractivity contribution in [2.75, 3.05) is 65.8 Å². The first-order chi connectivity index (χ1) is 12.3. The summed E-state index contributed by atoms with van der Waals surface area (Å²) in [5.41, 5.74) is 0. The van der Waals surface area contributed by atoms with Crippen LogP contribution in [-0.4, -0.2) is 106 Å². The highest BCUT2D eigenvalue weighted by Gasteiger charge is 2.34. The van der Waals surface area contributed by atoms with Crippen molar-refractivity contribution in [2.45, 2.75) is 30.5 Å². The van der Waals surface area contributed by atoms with Crippen LogP contribution < -0.4 is 5.32 Å². The third kappa shape index (κ3) is 5.46. The molecule has 0 bridgehead atoms. The highest BCUT2D eigenvalue weighted by Crippen LogP contribution is 2.21. The first-order valence-electron chi connectivity index (χ1n) is 9.34. The first-order valence-corrected chi connectivity index (χ1v) is 9.34. The van der Waals surface area contributed by atoms with Gasteiger partial charge in [-0.3, -0.25) is 0 Å². The largest absolute Gasteiger partial charge is 0.371 e. The lowest BCUT2D eigenvalue weighted by atomic mass is 10.3. The molecule has 0 saturated carbocycles. The van der Waals surface area contributed by atoms with E-state index in [1.807, 2.05) is 0 Å². The van der Waals surface area contributed by atoms with E-state index in [0.717, 1.165) is 71.6 Å². The summed E-state index contributed by atoms with van der Waals surface area (Å²) in [6, 6.07) is 0. The summed E-state index contributed by atoms with van der Waals surface area (Å²) in [5.74, 6) is 1.13. The second-order valence-electron chi connectivity index (χ2n) is 7.53. The zero-order valence-electron chi connectivity index (χ0n) is 14.5. The van der Waals surface area contributed by atoms with Crippen LogP contribution in [0.5, 0.6) is 0 Å². The molecule has 0 aromatic heterocycles. The topological polar surface area (TPSA) is 81.2 Å². The Balaban J connectivity index is 1.29. The fourth-order valence-corrected chi connectivity index (χ4v) is 2.98. The van der Waals surface area contributed by atoms with Crippen LogP contribution in [0.15, 0.2) is 12.0 Å². The molecule has 5 atom stereocenters. The van der Waals surface area contributed by atoms with Crippen LogP contribution >= 0.6 is 0 Å². The van der Waals surface area contributed by atoms with Crippen molar-refractivity contribution in [1.29, 1.82) is 0 Å². The Bertz CT molecular complexity index is 471. The molecule has 140 valence electrons. The standard InChI is InChI=1S/C17H27N3O5/c1(12-7-21-12)18-17(20(4-15-10-24-15)5-16-11-25-16)6-19(2-13-8-22-13)3-14-9-23-14/h6,12-16,18H,1-5,7-11H2. The molecule has 5 unspecified atom stereocenters. The minimum atomic E-state index is 0.339. The molecule has 5 saturated heterocycles. The van der Waals surface area contributed by atoms with Gasteiger partial charge in [0.2, 0.25) is 0 Å². The van der Waals surface area contributed by atoms with E-state index >= 15 is 0 Å². The Hall–Kier alpha value is -1.06. The lowest BCUT2D eigenvalue weighted by Crippen LogP contribution is -2.40. The average molecular weight is 353 g/mol. The Morgan fingerprint density at radius 3 is 1.60 bits per heavy atom. The van der Waals surface area contributed by atoms with E-state index in [0.29, 0.717) is 30.5 Å². The van der Waals surface area contributed by atoms with Crippen LogP contribution in [0.2, 0.25) is 0 Å². The van der Waals surface area contributed by atoms with E-state index in [4.69, 9.17) is 23.7 Å². The van der Waals surface area contributed by atoms with Crippen LogP contribution in [0.25, 0.3) is 0 Å². The van der Waals surface area contributed by atoms with E-state index in [-0.39, 0.29) is 0 Å². The minimum Gasteiger partial charge on any atom is -0.371 e. The number of rotatable bonds is 13. The number of epoxide rings is 5. The summed E-state index contributed by atoms with van der Waals surface area (Å²) in [7, 11) is 0. The van der Waals surface area contributed by atoms with Crippen molar-refractivity contribution in [1.82, 2.24) is 15.1 Å². The summed E-state index contributed by atoms with van der Waals surface area (Å²) in [5, 5.41) is 3.59. The summed E-state index contributed by atoms with van der Waals surface area (Å²) in [6.45, 7) is 8.77. The van der Waals surface area contributed by atoms with Crippen molar-refractivity contribution >= 4 is 0 Å². The van der Waals surface area contributed by atoms with Gasteiger partial charge in [0.15, 0.2) is 0 Å². The number of hydrogen-bond acceptors (Lipinski definition) is 8. The van der Waals surface area contributed by atoms with E-state index < -0.39 is 0 Å². The highest BCUT2D eigenvalue weighted by molar-refractivity contribution is 5.04. The number of ether oxygens (including phenoxy) is 5. The fraction of sp³-hybridized carbons (Fsp3) is 0.882. The van der Waals surface area contributed by atoms with E-state index in [9.17, 15) is 0 Å². The molecule has 0 amide bonds. The molecule has 25 heavy (non-hydrogen) atoms. The Morgan fingerprint density at radius 2 is 1.16 bits per heavy atom. The average Bonchev–Trinajstić information content (AvgIpc) is 3.38. The molecule has 0 spiro atoms. The van der Waals surface area contributed by atoms with Gasteiger partial charge in [-0.15, -0.1) is 0 Å². The molecule has 0 radical (unpaired) electrons. The zero-order chi connectivity index (χ0) is 16.6. The van der Waals surface area contributed by atoms with Crippen LogP contribution in [0.4, 0.5) is 0 Å². The normalized spacial score (nSPS) is 37.4. The van der Waals surface area contributed by atoms with Crippen molar-refractivity contribution in [3.05, 3.63) is 12.0 Å². The molecule has 0 aromatic carbocycles. The van der Waals surface area contributed by atoms with Crippen LogP contribution in [-0.2, 0) is 23.7 Å². The van der Waals surface area contributed by atoms with Crippen molar-refractivity contribution < 1.29 is 23.7 Å². The van der Waals surface area contributed by atoms with Crippen molar-refractivity contribution in [3.8, 4) is 0 Å². The Kier molecular flexibility index (Phi) is 4.47. The SMILES string of the molecule is C(=C(NCC1CO1)N(CC1CO1)CC1CO1)N(CC1CO1)CC1CO1. The van der Waals surface area contributed by atoms with Gasteiger partial charge in [0, 0.05) is 38.9 Å². The minimum absolute atomic E-state index is 0.339. The van der Waals surface area contributed by atoms with Gasteiger partial charge in [-0.05, 0) is 0 Å². The molecule has 0 aliphatic carbocycles. The van der Waals surface area contributed by atoms with Gasteiger partial charge >= 0.3 is 0 Å². The van der Waals surface area contributed by atoms with Crippen molar-refractivity contribution in [2.24, 2.45) is 0 Å². The summed E-state index contributed by atoms with van der Waals surface area (Å²) in [4.78, 5) is 4.70. The summed E-state index contributed by atoms with van der Waals surface area (Å²) >= 11 is 0. The number of nitrogens with zero attached hydrogens (tertiary/aromatic N) is 2. The summed E-state index contributed by atoms with van der Waals surface area (Å²) < 4.78 is 27.2. The maximum Gasteiger partial charge on any atom is 0.118 e. The third-order valence-corrected chi connectivity index (χ3v) is 4.89. The Morgan fingerprint density at radius 1 is 0.720 bits per heavy atom. The third-order valence-electron chi connectivity index (χ3n) is 4.89. The van der Waals surface area contributed by atoms with E-state index in [1.165, 1.54) is 0 Å². The predicted octanol–water partition coefficient (Wildman–Crippen LogP) is -1.03. The molecule has 0 aromatic rings. The number of nitrogens with one attached hydrogen (secondary N) is 1. The monoisotopic (exact) mass is 353 g/mol. The fourth-order valence-electron chi connectivity index (χ4n) is 2.98. The maximum atomic E-state index is 5.47. The molecule has 8 heteroatoms.